The highest BCUT2D eigenvalue weighted by atomic mass is 79.9. The molecule has 0 amide bonds. The van der Waals surface area contributed by atoms with Crippen LogP contribution in [0.25, 0.3) is 0 Å². The van der Waals surface area contributed by atoms with E-state index in [1.54, 1.807) is 23.0 Å². The molecule has 5 nitrogen and oxygen atoms in total. The lowest BCUT2D eigenvalue weighted by molar-refractivity contribution is 0.532. The van der Waals surface area contributed by atoms with Crippen LogP contribution in [0.3, 0.4) is 0 Å². The van der Waals surface area contributed by atoms with Gasteiger partial charge in [0.05, 0.1) is 11.9 Å². The van der Waals surface area contributed by atoms with Gasteiger partial charge < -0.3 is 0 Å². The van der Waals surface area contributed by atoms with Crippen LogP contribution in [0.1, 0.15) is 25.5 Å². The molecule has 0 aliphatic heterocycles. The second kappa shape index (κ2) is 6.10. The van der Waals surface area contributed by atoms with Crippen molar-refractivity contribution in [3.05, 3.63) is 39.0 Å². The van der Waals surface area contributed by atoms with Gasteiger partial charge in [-0.05, 0) is 54.4 Å². The molecule has 0 aliphatic carbocycles. The van der Waals surface area contributed by atoms with Gasteiger partial charge in [-0.25, -0.2) is 8.42 Å². The summed E-state index contributed by atoms with van der Waals surface area (Å²) in [6, 6.07) is 3.51. The van der Waals surface area contributed by atoms with Crippen LogP contribution in [0, 0.1) is 6.92 Å². The van der Waals surface area contributed by atoms with Crippen molar-refractivity contribution in [1.82, 2.24) is 9.78 Å². The summed E-state index contributed by atoms with van der Waals surface area (Å²) >= 11 is 6.65. The molecular formula is C13H15Br2N3O2S. The molecule has 1 aromatic carbocycles. The van der Waals surface area contributed by atoms with Crippen LogP contribution in [-0.4, -0.2) is 18.2 Å². The Morgan fingerprint density at radius 2 is 1.90 bits per heavy atom. The fourth-order valence-corrected chi connectivity index (χ4v) is 4.42. The molecule has 8 heteroatoms. The van der Waals surface area contributed by atoms with Gasteiger partial charge in [0.1, 0.15) is 4.90 Å². The summed E-state index contributed by atoms with van der Waals surface area (Å²) in [5.41, 5.74) is 1.39. The van der Waals surface area contributed by atoms with E-state index in [1.165, 1.54) is 6.20 Å². The van der Waals surface area contributed by atoms with Crippen LogP contribution in [0.4, 0.5) is 5.69 Å². The highest BCUT2D eigenvalue weighted by Crippen LogP contribution is 2.30. The topological polar surface area (TPSA) is 64.0 Å². The fourth-order valence-electron chi connectivity index (χ4n) is 1.72. The first-order valence-corrected chi connectivity index (χ1v) is 9.30. The number of benzene rings is 1. The predicted molar refractivity (Wildman–Crippen MR) is 90.0 cm³/mol. The number of aryl methyl sites for hydroxylation is 1. The number of sulfonamides is 1. The fraction of sp³-hybridized carbons (Fsp3) is 0.308. The minimum atomic E-state index is -3.68. The molecule has 1 heterocycles. The van der Waals surface area contributed by atoms with Crippen LogP contribution in [0.5, 0.6) is 0 Å². The number of aromatic nitrogens is 2. The van der Waals surface area contributed by atoms with Crippen molar-refractivity contribution in [3.63, 3.8) is 0 Å². The molecule has 0 saturated heterocycles. The van der Waals surface area contributed by atoms with E-state index in [0.29, 0.717) is 10.2 Å². The quantitative estimate of drug-likeness (QED) is 0.784. The molecule has 114 valence electrons. The molecule has 2 aromatic rings. The van der Waals surface area contributed by atoms with Crippen molar-refractivity contribution in [3.8, 4) is 0 Å². The van der Waals surface area contributed by atoms with Gasteiger partial charge in [-0.3, -0.25) is 9.40 Å². The van der Waals surface area contributed by atoms with Gasteiger partial charge in [0.25, 0.3) is 10.0 Å². The zero-order valence-electron chi connectivity index (χ0n) is 11.8. The lowest BCUT2D eigenvalue weighted by atomic mass is 10.2. The first-order valence-electron chi connectivity index (χ1n) is 6.23. The molecule has 21 heavy (non-hydrogen) atoms. The first kappa shape index (κ1) is 16.5. The highest BCUT2D eigenvalue weighted by molar-refractivity contribution is 9.11. The normalized spacial score (nSPS) is 11.9. The summed E-state index contributed by atoms with van der Waals surface area (Å²) in [4.78, 5) is 0.178. The minimum absolute atomic E-state index is 0.170. The van der Waals surface area contributed by atoms with Gasteiger partial charge in [0, 0.05) is 21.2 Å². The lowest BCUT2D eigenvalue weighted by Gasteiger charge is -2.10. The Hall–Kier alpha value is -0.860. The van der Waals surface area contributed by atoms with Crippen LogP contribution >= 0.6 is 31.9 Å². The molecule has 0 radical (unpaired) electrons. The van der Waals surface area contributed by atoms with E-state index in [4.69, 9.17) is 0 Å². The average Bonchev–Trinajstić information content (AvgIpc) is 2.81. The zero-order chi connectivity index (χ0) is 15.8. The van der Waals surface area contributed by atoms with Gasteiger partial charge in [-0.1, -0.05) is 15.9 Å². The Kier molecular flexibility index (Phi) is 4.79. The van der Waals surface area contributed by atoms with Crippen molar-refractivity contribution in [2.75, 3.05) is 4.72 Å². The smallest absolute Gasteiger partial charge is 0.263 e. The summed E-state index contributed by atoms with van der Waals surface area (Å²) in [5.74, 6) is 0. The summed E-state index contributed by atoms with van der Waals surface area (Å²) in [6.07, 6.45) is 3.16. The lowest BCUT2D eigenvalue weighted by Crippen LogP contribution is -2.13. The minimum Gasteiger partial charge on any atom is -0.276 e. The van der Waals surface area contributed by atoms with E-state index in [-0.39, 0.29) is 10.9 Å². The van der Waals surface area contributed by atoms with Crippen LogP contribution in [0.15, 0.2) is 38.4 Å². The van der Waals surface area contributed by atoms with Gasteiger partial charge in [0.2, 0.25) is 0 Å². The molecule has 1 aromatic heterocycles. The van der Waals surface area contributed by atoms with Gasteiger partial charge in [-0.2, -0.15) is 5.10 Å². The zero-order valence-corrected chi connectivity index (χ0v) is 15.8. The maximum absolute atomic E-state index is 12.5. The van der Waals surface area contributed by atoms with E-state index in [2.05, 4.69) is 41.7 Å². The van der Waals surface area contributed by atoms with Crippen LogP contribution < -0.4 is 4.72 Å². The van der Waals surface area contributed by atoms with Gasteiger partial charge in [0.15, 0.2) is 0 Å². The molecule has 0 spiro atoms. The van der Waals surface area contributed by atoms with Crippen molar-refractivity contribution in [1.29, 1.82) is 0 Å². The largest absolute Gasteiger partial charge is 0.276 e. The maximum atomic E-state index is 12.5. The number of rotatable bonds is 4. The second-order valence-corrected chi connectivity index (χ2v) is 8.30. The number of hydrogen-bond donors (Lipinski definition) is 1. The van der Waals surface area contributed by atoms with E-state index in [1.807, 2.05) is 20.8 Å². The third-order valence-electron chi connectivity index (χ3n) is 2.89. The van der Waals surface area contributed by atoms with E-state index in [0.717, 1.165) is 10.0 Å². The molecule has 0 atom stereocenters. The number of anilines is 1. The van der Waals surface area contributed by atoms with E-state index in [9.17, 15) is 8.42 Å². The van der Waals surface area contributed by atoms with E-state index >= 15 is 0 Å². The molecule has 0 aliphatic rings. The molecule has 1 N–H and O–H groups in total. The Balaban J connectivity index is 2.36. The molecule has 0 bridgehead atoms. The Morgan fingerprint density at radius 1 is 1.24 bits per heavy atom. The summed E-state index contributed by atoms with van der Waals surface area (Å²) in [5, 5.41) is 4.12. The molecule has 0 saturated carbocycles. The molecular weight excluding hydrogens is 422 g/mol. The Morgan fingerprint density at radius 3 is 2.48 bits per heavy atom. The summed E-state index contributed by atoms with van der Waals surface area (Å²) < 4.78 is 30.4. The third kappa shape index (κ3) is 3.67. The van der Waals surface area contributed by atoms with Gasteiger partial charge in [-0.15, -0.1) is 0 Å². The van der Waals surface area contributed by atoms with Crippen LogP contribution in [0.2, 0.25) is 0 Å². The van der Waals surface area contributed by atoms with Crippen molar-refractivity contribution in [2.24, 2.45) is 0 Å². The summed E-state index contributed by atoms with van der Waals surface area (Å²) in [7, 11) is -3.68. The number of halogens is 2. The van der Waals surface area contributed by atoms with Gasteiger partial charge >= 0.3 is 0 Å². The molecule has 2 rings (SSSR count). The second-order valence-electron chi connectivity index (χ2n) is 4.94. The maximum Gasteiger partial charge on any atom is 0.263 e. The molecule has 0 unspecified atom stereocenters. The predicted octanol–water partition coefficient (Wildman–Crippen LogP) is 4.10. The SMILES string of the molecule is Cc1cc(Br)c(S(=O)(=O)Nc2cnn(C(C)C)c2)cc1Br. The Bertz CT molecular complexity index is 770. The van der Waals surface area contributed by atoms with Crippen molar-refractivity contribution in [2.45, 2.75) is 31.7 Å². The van der Waals surface area contributed by atoms with Crippen molar-refractivity contribution < 1.29 is 8.42 Å². The van der Waals surface area contributed by atoms with Crippen molar-refractivity contribution >= 4 is 47.6 Å². The third-order valence-corrected chi connectivity index (χ3v) is 6.08. The monoisotopic (exact) mass is 435 g/mol. The molecule has 0 fully saturated rings. The summed E-state index contributed by atoms with van der Waals surface area (Å²) in [6.45, 7) is 5.84. The number of nitrogens with one attached hydrogen (secondary N) is 1. The number of nitrogens with zero attached hydrogens (tertiary/aromatic N) is 2. The Labute approximate surface area is 141 Å². The van der Waals surface area contributed by atoms with E-state index < -0.39 is 10.0 Å². The highest BCUT2D eigenvalue weighted by Gasteiger charge is 2.20. The number of hydrogen-bond acceptors (Lipinski definition) is 3. The first-order chi connectivity index (χ1) is 9.70. The van der Waals surface area contributed by atoms with Crippen LogP contribution in [-0.2, 0) is 10.0 Å². The average molecular weight is 437 g/mol. The standard InChI is InChI=1S/C13H15Br2N3O2S/c1-8(2)18-7-10(6-16-18)17-21(19,20)13-5-11(14)9(3)4-12(13)15/h4-8,17H,1-3H3.